The van der Waals surface area contributed by atoms with Crippen LogP contribution in [-0.2, 0) is 10.0 Å². The maximum absolute atomic E-state index is 12.6. The molecule has 7 heteroatoms. The average Bonchev–Trinajstić information content (AvgIpc) is 3.16. The molecule has 0 bridgehead atoms. The number of amides is 1. The molecule has 6 nitrogen and oxygen atoms in total. The van der Waals surface area contributed by atoms with Crippen molar-refractivity contribution in [3.63, 3.8) is 0 Å². The molecule has 1 fully saturated rings. The van der Waals surface area contributed by atoms with Crippen molar-refractivity contribution < 1.29 is 13.2 Å². The number of anilines is 1. The topological polar surface area (TPSA) is 78.5 Å². The molecule has 2 aromatic rings. The van der Waals surface area contributed by atoms with Gasteiger partial charge in [0.2, 0.25) is 0 Å². The van der Waals surface area contributed by atoms with E-state index in [1.54, 1.807) is 42.5 Å². The van der Waals surface area contributed by atoms with E-state index in [4.69, 9.17) is 0 Å². The summed E-state index contributed by atoms with van der Waals surface area (Å²) >= 11 is 0. The standard InChI is InChI=1S/C22H29N3O3S/c1-4-25-13-5-6-20(25)15-23-22(26)18-8-10-19(11-9-18)24-29(27,28)21-12-7-16(2)17(3)14-21/h7-12,14,20,24H,4-6,13,15H2,1-3H3,(H,23,26). The van der Waals surface area contributed by atoms with Crippen molar-refractivity contribution in [3.8, 4) is 0 Å². The maximum atomic E-state index is 12.6. The van der Waals surface area contributed by atoms with Crippen molar-refractivity contribution in [1.29, 1.82) is 0 Å². The first kappa shape index (κ1) is 21.3. The monoisotopic (exact) mass is 415 g/mol. The molecule has 1 heterocycles. The van der Waals surface area contributed by atoms with Crippen LogP contribution in [0.2, 0.25) is 0 Å². The molecular formula is C22H29N3O3S. The molecule has 0 saturated carbocycles. The molecule has 1 aliphatic heterocycles. The fourth-order valence-electron chi connectivity index (χ4n) is 3.64. The van der Waals surface area contributed by atoms with Gasteiger partial charge in [0.05, 0.1) is 4.90 Å². The van der Waals surface area contributed by atoms with Crippen LogP contribution in [0.5, 0.6) is 0 Å². The Morgan fingerprint density at radius 1 is 1.10 bits per heavy atom. The van der Waals surface area contributed by atoms with Gasteiger partial charge < -0.3 is 5.32 Å². The van der Waals surface area contributed by atoms with Gasteiger partial charge in [0, 0.05) is 23.8 Å². The molecule has 0 aromatic heterocycles. The number of likely N-dealkylation sites (N-methyl/N-ethyl adjacent to an activating group) is 1. The summed E-state index contributed by atoms with van der Waals surface area (Å²) in [6.07, 6.45) is 2.27. The number of hydrogen-bond acceptors (Lipinski definition) is 4. The highest BCUT2D eigenvalue weighted by Gasteiger charge is 2.23. The molecule has 29 heavy (non-hydrogen) atoms. The Hall–Kier alpha value is -2.38. The van der Waals surface area contributed by atoms with Crippen molar-refractivity contribution in [2.75, 3.05) is 24.4 Å². The zero-order chi connectivity index (χ0) is 21.0. The molecule has 2 N–H and O–H groups in total. The zero-order valence-electron chi connectivity index (χ0n) is 17.2. The first-order chi connectivity index (χ1) is 13.8. The van der Waals surface area contributed by atoms with Crippen LogP contribution in [0.15, 0.2) is 47.4 Å². The van der Waals surface area contributed by atoms with Crippen molar-refractivity contribution in [1.82, 2.24) is 10.2 Å². The molecule has 2 aromatic carbocycles. The smallest absolute Gasteiger partial charge is 0.261 e. The quantitative estimate of drug-likeness (QED) is 0.727. The van der Waals surface area contributed by atoms with Crippen LogP contribution in [-0.4, -0.2) is 44.9 Å². The Kier molecular flexibility index (Phi) is 6.59. The van der Waals surface area contributed by atoms with E-state index < -0.39 is 10.0 Å². The highest BCUT2D eigenvalue weighted by molar-refractivity contribution is 7.92. The molecule has 1 unspecified atom stereocenters. The lowest BCUT2D eigenvalue weighted by Crippen LogP contribution is -2.40. The molecule has 0 radical (unpaired) electrons. The highest BCUT2D eigenvalue weighted by atomic mass is 32.2. The molecule has 0 spiro atoms. The van der Waals surface area contributed by atoms with E-state index in [0.717, 1.165) is 30.6 Å². The maximum Gasteiger partial charge on any atom is 0.261 e. The lowest BCUT2D eigenvalue weighted by atomic mass is 10.1. The Morgan fingerprint density at radius 3 is 2.48 bits per heavy atom. The number of nitrogens with one attached hydrogen (secondary N) is 2. The SMILES string of the molecule is CCN1CCCC1CNC(=O)c1ccc(NS(=O)(=O)c2ccc(C)c(C)c2)cc1. The summed E-state index contributed by atoms with van der Waals surface area (Å²) in [5.41, 5.74) is 2.90. The Bertz CT molecular complexity index is 971. The molecular weight excluding hydrogens is 386 g/mol. The van der Waals surface area contributed by atoms with Crippen LogP contribution in [0.25, 0.3) is 0 Å². The van der Waals surface area contributed by atoms with Gasteiger partial charge in [0.1, 0.15) is 0 Å². The van der Waals surface area contributed by atoms with E-state index in [2.05, 4.69) is 21.9 Å². The van der Waals surface area contributed by atoms with Gasteiger partial charge in [-0.25, -0.2) is 8.42 Å². The average molecular weight is 416 g/mol. The van der Waals surface area contributed by atoms with E-state index in [9.17, 15) is 13.2 Å². The normalized spacial score (nSPS) is 17.3. The van der Waals surface area contributed by atoms with E-state index in [1.807, 2.05) is 13.8 Å². The predicted molar refractivity (Wildman–Crippen MR) is 116 cm³/mol. The molecule has 156 valence electrons. The van der Waals surface area contributed by atoms with Crippen molar-refractivity contribution >= 4 is 21.6 Å². The van der Waals surface area contributed by atoms with Crippen LogP contribution in [0.4, 0.5) is 5.69 Å². The first-order valence-electron chi connectivity index (χ1n) is 10.0. The number of carbonyl (C=O) groups excluding carboxylic acids is 1. The van der Waals surface area contributed by atoms with Gasteiger partial charge in [-0.05, 0) is 87.3 Å². The number of likely N-dealkylation sites (tertiary alicyclic amines) is 1. The largest absolute Gasteiger partial charge is 0.350 e. The summed E-state index contributed by atoms with van der Waals surface area (Å²) in [5.74, 6) is -0.142. The van der Waals surface area contributed by atoms with Crippen molar-refractivity contribution in [2.24, 2.45) is 0 Å². The lowest BCUT2D eigenvalue weighted by molar-refractivity contribution is 0.0941. The second-order valence-electron chi connectivity index (χ2n) is 7.56. The lowest BCUT2D eigenvalue weighted by Gasteiger charge is -2.22. The third-order valence-electron chi connectivity index (χ3n) is 5.59. The minimum atomic E-state index is -3.67. The van der Waals surface area contributed by atoms with Gasteiger partial charge in [-0.15, -0.1) is 0 Å². The van der Waals surface area contributed by atoms with Crippen molar-refractivity contribution in [3.05, 3.63) is 59.2 Å². The first-order valence-corrected chi connectivity index (χ1v) is 11.5. The van der Waals surface area contributed by atoms with E-state index in [1.165, 1.54) is 6.42 Å². The molecule has 1 atom stereocenters. The van der Waals surface area contributed by atoms with E-state index in [-0.39, 0.29) is 10.8 Å². The highest BCUT2D eigenvalue weighted by Crippen LogP contribution is 2.20. The number of hydrogen-bond donors (Lipinski definition) is 2. The fraction of sp³-hybridized carbons (Fsp3) is 0.409. The van der Waals surface area contributed by atoms with Crippen LogP contribution < -0.4 is 10.0 Å². The van der Waals surface area contributed by atoms with Crippen LogP contribution in [0, 0.1) is 13.8 Å². The van der Waals surface area contributed by atoms with Crippen LogP contribution in [0.1, 0.15) is 41.3 Å². The third kappa shape index (κ3) is 5.16. The van der Waals surface area contributed by atoms with Crippen LogP contribution in [0.3, 0.4) is 0 Å². The summed E-state index contributed by atoms with van der Waals surface area (Å²) in [5, 5.41) is 2.99. The molecule has 1 saturated heterocycles. The number of carbonyl (C=O) groups is 1. The summed E-state index contributed by atoms with van der Waals surface area (Å²) in [6, 6.07) is 11.9. The summed E-state index contributed by atoms with van der Waals surface area (Å²) in [7, 11) is -3.67. The summed E-state index contributed by atoms with van der Waals surface area (Å²) in [4.78, 5) is 15.0. The number of benzene rings is 2. The van der Waals surface area contributed by atoms with E-state index >= 15 is 0 Å². The second kappa shape index (κ2) is 8.97. The van der Waals surface area contributed by atoms with Gasteiger partial charge in [-0.1, -0.05) is 13.0 Å². The number of aryl methyl sites for hydroxylation is 2. The number of sulfonamides is 1. The Balaban J connectivity index is 1.62. The van der Waals surface area contributed by atoms with Gasteiger partial charge in [0.25, 0.3) is 15.9 Å². The molecule has 3 rings (SSSR count). The minimum Gasteiger partial charge on any atom is -0.350 e. The minimum absolute atomic E-state index is 0.142. The number of nitrogens with zero attached hydrogens (tertiary/aromatic N) is 1. The fourth-order valence-corrected chi connectivity index (χ4v) is 4.78. The summed E-state index contributed by atoms with van der Waals surface area (Å²) in [6.45, 7) is 8.68. The van der Waals surface area contributed by atoms with Gasteiger partial charge in [0.15, 0.2) is 0 Å². The van der Waals surface area contributed by atoms with E-state index in [0.29, 0.717) is 23.8 Å². The number of rotatable bonds is 7. The van der Waals surface area contributed by atoms with Crippen LogP contribution >= 0.6 is 0 Å². The Morgan fingerprint density at radius 2 is 1.83 bits per heavy atom. The zero-order valence-corrected chi connectivity index (χ0v) is 18.1. The van der Waals surface area contributed by atoms with Gasteiger partial charge in [-0.3, -0.25) is 14.4 Å². The predicted octanol–water partition coefficient (Wildman–Crippen LogP) is 3.32. The van der Waals surface area contributed by atoms with Crippen molar-refractivity contribution in [2.45, 2.75) is 44.6 Å². The molecule has 0 aliphatic carbocycles. The third-order valence-corrected chi connectivity index (χ3v) is 6.97. The molecule has 1 aliphatic rings. The Labute approximate surface area is 173 Å². The summed E-state index contributed by atoms with van der Waals surface area (Å²) < 4.78 is 27.8. The molecule has 1 amide bonds. The second-order valence-corrected chi connectivity index (χ2v) is 9.25. The van der Waals surface area contributed by atoms with Gasteiger partial charge >= 0.3 is 0 Å². The van der Waals surface area contributed by atoms with Gasteiger partial charge in [-0.2, -0.15) is 0 Å².